The maximum Gasteiger partial charge on any atom is 0.251 e. The number of aromatic nitrogens is 4. The van der Waals surface area contributed by atoms with Crippen molar-refractivity contribution in [3.8, 4) is 11.3 Å². The van der Waals surface area contributed by atoms with E-state index in [1.54, 1.807) is 10.7 Å². The molecule has 0 aliphatic carbocycles. The van der Waals surface area contributed by atoms with Gasteiger partial charge in [0.05, 0.1) is 25.1 Å². The molecule has 0 bridgehead atoms. The number of hydrogen-bond acceptors (Lipinski definition) is 8. The third-order valence-electron chi connectivity index (χ3n) is 6.45. The number of ether oxygens (including phenoxy) is 1. The average molecular weight is 471 g/mol. The minimum atomic E-state index is -0.0348. The average Bonchev–Trinajstić information content (AvgIpc) is 3.53. The molecule has 3 N–H and O–H groups in total. The number of benzene rings is 2. The van der Waals surface area contributed by atoms with E-state index in [0.717, 1.165) is 55.4 Å². The van der Waals surface area contributed by atoms with Gasteiger partial charge in [-0.3, -0.25) is 4.79 Å². The summed E-state index contributed by atoms with van der Waals surface area (Å²) in [7, 11) is 1.95. The molecule has 178 valence electrons. The quantitative estimate of drug-likeness (QED) is 0.394. The van der Waals surface area contributed by atoms with Crippen LogP contribution < -0.4 is 20.9 Å². The van der Waals surface area contributed by atoms with Crippen molar-refractivity contribution < 1.29 is 9.53 Å². The van der Waals surface area contributed by atoms with Crippen LogP contribution in [0.25, 0.3) is 16.9 Å². The van der Waals surface area contributed by atoms with Gasteiger partial charge in [-0.2, -0.15) is 5.10 Å². The Bertz CT molecular complexity index is 1410. The van der Waals surface area contributed by atoms with Gasteiger partial charge >= 0.3 is 0 Å². The van der Waals surface area contributed by atoms with Crippen LogP contribution in [0.15, 0.2) is 48.9 Å². The van der Waals surface area contributed by atoms with Gasteiger partial charge in [-0.25, -0.2) is 14.5 Å². The van der Waals surface area contributed by atoms with Crippen molar-refractivity contribution in [3.05, 3.63) is 65.6 Å². The van der Waals surface area contributed by atoms with Gasteiger partial charge < -0.3 is 25.6 Å². The van der Waals surface area contributed by atoms with Crippen LogP contribution in [0.1, 0.15) is 21.5 Å². The van der Waals surface area contributed by atoms with Gasteiger partial charge in [-0.05, 0) is 48.5 Å². The third-order valence-corrected chi connectivity index (χ3v) is 6.45. The van der Waals surface area contributed by atoms with E-state index in [4.69, 9.17) is 4.74 Å². The van der Waals surface area contributed by atoms with Crippen molar-refractivity contribution in [2.75, 3.05) is 43.6 Å². The predicted molar refractivity (Wildman–Crippen MR) is 133 cm³/mol. The number of rotatable bonds is 6. The molecule has 2 aromatic carbocycles. The van der Waals surface area contributed by atoms with Crippen molar-refractivity contribution in [3.63, 3.8) is 0 Å². The highest BCUT2D eigenvalue weighted by Crippen LogP contribution is 2.30. The fraction of sp³-hybridized carbons (Fsp3) is 0.280. The van der Waals surface area contributed by atoms with Crippen LogP contribution in [0, 0.1) is 0 Å². The molecule has 10 heteroatoms. The Balaban J connectivity index is 1.32. The smallest absolute Gasteiger partial charge is 0.251 e. The summed E-state index contributed by atoms with van der Waals surface area (Å²) in [5.41, 5.74) is 7.41. The first-order chi connectivity index (χ1) is 17.2. The molecule has 0 spiro atoms. The molecule has 2 aliphatic heterocycles. The molecule has 6 rings (SSSR count). The first-order valence-corrected chi connectivity index (χ1v) is 11.7. The minimum absolute atomic E-state index is 0.0348. The third kappa shape index (κ3) is 3.96. The number of nitrogens with zero attached hydrogens (tertiary/aromatic N) is 5. The predicted octanol–water partition coefficient (Wildman–Crippen LogP) is 2.33. The van der Waals surface area contributed by atoms with Gasteiger partial charge in [-0.15, -0.1) is 0 Å². The number of fused-ring (bicyclic) bond motifs is 2. The van der Waals surface area contributed by atoms with E-state index in [1.807, 2.05) is 25.2 Å². The van der Waals surface area contributed by atoms with Crippen LogP contribution in [0.4, 0.5) is 17.2 Å². The van der Waals surface area contributed by atoms with E-state index < -0.39 is 0 Å². The lowest BCUT2D eigenvalue weighted by molar-refractivity contribution is 0.0965. The van der Waals surface area contributed by atoms with Gasteiger partial charge in [0, 0.05) is 48.7 Å². The van der Waals surface area contributed by atoms with Crippen molar-refractivity contribution in [2.45, 2.75) is 13.1 Å². The van der Waals surface area contributed by atoms with E-state index in [-0.39, 0.29) is 5.91 Å². The molecule has 4 aromatic rings. The Morgan fingerprint density at radius 1 is 1.11 bits per heavy atom. The topological polar surface area (TPSA) is 109 Å². The lowest BCUT2D eigenvalue weighted by atomic mass is 10.0. The number of nitrogens with one attached hydrogen (secondary N) is 3. The van der Waals surface area contributed by atoms with Gasteiger partial charge in [0.2, 0.25) is 0 Å². The summed E-state index contributed by atoms with van der Waals surface area (Å²) in [6.07, 6.45) is 3.31. The maximum atomic E-state index is 11.9. The van der Waals surface area contributed by atoms with Gasteiger partial charge in [-0.1, -0.05) is 6.07 Å². The lowest BCUT2D eigenvalue weighted by Gasteiger charge is -2.31. The summed E-state index contributed by atoms with van der Waals surface area (Å²) in [4.78, 5) is 23.4. The minimum Gasteiger partial charge on any atom is -0.378 e. The van der Waals surface area contributed by atoms with Crippen molar-refractivity contribution in [2.24, 2.45) is 0 Å². The van der Waals surface area contributed by atoms with E-state index in [0.29, 0.717) is 23.6 Å². The number of carbonyl (C=O) groups is 1. The molecule has 4 heterocycles. The highest BCUT2D eigenvalue weighted by atomic mass is 16.5. The highest BCUT2D eigenvalue weighted by molar-refractivity contribution is 5.98. The normalized spacial score (nSPS) is 15.3. The van der Waals surface area contributed by atoms with Gasteiger partial charge in [0.1, 0.15) is 6.33 Å². The number of anilines is 3. The second-order valence-electron chi connectivity index (χ2n) is 8.64. The van der Waals surface area contributed by atoms with Crippen molar-refractivity contribution in [1.29, 1.82) is 0 Å². The monoisotopic (exact) mass is 470 g/mol. The molecule has 1 saturated heterocycles. The van der Waals surface area contributed by atoms with Crippen LogP contribution in [0.5, 0.6) is 0 Å². The van der Waals surface area contributed by atoms with Crippen LogP contribution in [0.3, 0.4) is 0 Å². The molecule has 1 fully saturated rings. The fourth-order valence-corrected chi connectivity index (χ4v) is 4.74. The van der Waals surface area contributed by atoms with Crippen LogP contribution in [-0.4, -0.2) is 58.8 Å². The molecule has 10 nitrogen and oxygen atoms in total. The molecule has 1 amide bonds. The summed E-state index contributed by atoms with van der Waals surface area (Å²) >= 11 is 0. The van der Waals surface area contributed by atoms with Gasteiger partial charge in [0.15, 0.2) is 11.5 Å². The Hall–Kier alpha value is -4.02. The van der Waals surface area contributed by atoms with E-state index in [1.165, 1.54) is 17.6 Å². The molecule has 2 aliphatic rings. The summed E-state index contributed by atoms with van der Waals surface area (Å²) in [5, 5.41) is 14.0. The Labute approximate surface area is 202 Å². The number of carbonyl (C=O) groups excluding carboxylic acids is 1. The summed E-state index contributed by atoms with van der Waals surface area (Å²) in [5.74, 6) is 0.589. The van der Waals surface area contributed by atoms with E-state index in [2.05, 4.69) is 54.1 Å². The number of morpholine rings is 1. The summed E-state index contributed by atoms with van der Waals surface area (Å²) < 4.78 is 7.29. The molecule has 0 atom stereocenters. The van der Waals surface area contributed by atoms with Crippen molar-refractivity contribution in [1.82, 2.24) is 30.2 Å². The first-order valence-electron chi connectivity index (χ1n) is 11.7. The molecule has 35 heavy (non-hydrogen) atoms. The van der Waals surface area contributed by atoms with E-state index in [9.17, 15) is 4.79 Å². The summed E-state index contributed by atoms with van der Waals surface area (Å²) in [6, 6.07) is 12.1. The second-order valence-corrected chi connectivity index (χ2v) is 8.64. The molecular weight excluding hydrogens is 444 g/mol. The summed E-state index contributed by atoms with van der Waals surface area (Å²) in [6.45, 7) is 4.56. The molecule has 0 saturated carbocycles. The lowest BCUT2D eigenvalue weighted by Crippen LogP contribution is -2.37. The van der Waals surface area contributed by atoms with Crippen LogP contribution >= 0.6 is 0 Å². The Morgan fingerprint density at radius 3 is 2.86 bits per heavy atom. The second kappa shape index (κ2) is 8.97. The number of hydrogen-bond donors (Lipinski definition) is 3. The number of amides is 1. The molecule has 0 unspecified atom stereocenters. The SMILES string of the molecule is CNCc1cc(Nc2ncc(-c3ccc4c(c3)CNC4=O)n3ncnc23)ccc1N1CCOCC1. The fourth-order valence-electron chi connectivity index (χ4n) is 4.74. The van der Waals surface area contributed by atoms with Gasteiger partial charge in [0.25, 0.3) is 5.91 Å². The van der Waals surface area contributed by atoms with Crippen LogP contribution in [0.2, 0.25) is 0 Å². The zero-order valence-electron chi connectivity index (χ0n) is 19.4. The maximum absolute atomic E-state index is 11.9. The van der Waals surface area contributed by atoms with Crippen LogP contribution in [-0.2, 0) is 17.8 Å². The standard InChI is InChI=1S/C25H26N8O2/c1-26-12-18-11-19(3-5-21(18)32-6-8-35-9-7-32)31-23-24-29-15-30-33(24)22(14-27-23)16-2-4-20-17(10-16)13-28-25(20)34/h2-5,10-11,14-15,26H,6-9,12-13H2,1H3,(H,27,31)(H,28,34). The van der Waals surface area contributed by atoms with E-state index >= 15 is 0 Å². The first kappa shape index (κ1) is 21.5. The Morgan fingerprint density at radius 2 is 2.00 bits per heavy atom. The largest absolute Gasteiger partial charge is 0.378 e. The zero-order valence-corrected chi connectivity index (χ0v) is 19.4. The molecule has 0 radical (unpaired) electrons. The highest BCUT2D eigenvalue weighted by Gasteiger charge is 2.21. The molecular formula is C25H26N8O2. The zero-order chi connectivity index (χ0) is 23.8. The van der Waals surface area contributed by atoms with Crippen molar-refractivity contribution >= 4 is 28.7 Å². The molecule has 2 aromatic heterocycles. The Kier molecular flexibility index (Phi) is 5.51.